The second-order valence-corrected chi connectivity index (χ2v) is 11.7. The lowest BCUT2D eigenvalue weighted by atomic mass is 9.85. The minimum Gasteiger partial charge on any atom is -0.464 e. The van der Waals surface area contributed by atoms with Crippen LogP contribution < -0.4 is 0 Å². The van der Waals surface area contributed by atoms with Crippen molar-refractivity contribution in [1.29, 1.82) is 0 Å². The van der Waals surface area contributed by atoms with Crippen molar-refractivity contribution in [2.24, 2.45) is 5.92 Å². The minimum atomic E-state index is -0.982. The Labute approximate surface area is 247 Å². The number of hydrogen-bond donors (Lipinski definition) is 0. The third-order valence-corrected chi connectivity index (χ3v) is 8.03. The molecule has 0 amide bonds. The van der Waals surface area contributed by atoms with Gasteiger partial charge in [0.2, 0.25) is 0 Å². The van der Waals surface area contributed by atoms with Gasteiger partial charge in [0.1, 0.15) is 6.61 Å². The van der Waals surface area contributed by atoms with Gasteiger partial charge >= 0.3 is 23.9 Å². The molecule has 0 radical (unpaired) electrons. The maximum absolute atomic E-state index is 12.8. The zero-order valence-corrected chi connectivity index (χ0v) is 26.0. The minimum absolute atomic E-state index is 0.00296. The summed E-state index contributed by atoms with van der Waals surface area (Å²) in [6, 6.07) is -0.521. The largest absolute Gasteiger partial charge is 0.464 e. The summed E-state index contributed by atoms with van der Waals surface area (Å²) in [5.74, 6) is -0.772. The molecule has 0 unspecified atom stereocenters. The van der Waals surface area contributed by atoms with Gasteiger partial charge in [-0.2, -0.15) is 0 Å². The molecule has 9 heteroatoms. The van der Waals surface area contributed by atoms with Crippen LogP contribution in [0.3, 0.4) is 0 Å². The number of carbonyl (C=O) groups is 4. The van der Waals surface area contributed by atoms with E-state index < -0.39 is 36.3 Å². The zero-order chi connectivity index (χ0) is 30.0. The van der Waals surface area contributed by atoms with Crippen LogP contribution in [0.25, 0.3) is 0 Å². The van der Waals surface area contributed by atoms with E-state index in [1.807, 2.05) is 27.7 Å². The summed E-state index contributed by atoms with van der Waals surface area (Å²) in [6.45, 7) is 8.55. The number of ether oxygens (including phenoxy) is 4. The standard InChI is InChI=1S/C32H55NO8/c1-5-14-27(34)38-23-25-31(40-29(36)16-7-3)32(41-30(37)17-8-4)26(39-28(35)15-6-2)22-33(25)21-13-12-20-24-18-10-9-11-19-24/h24-26,31-32H,5-23H2,1-4H3/t25-,26+,31-,32-/m1/s1. The second kappa shape index (κ2) is 19.9. The summed E-state index contributed by atoms with van der Waals surface area (Å²) in [7, 11) is 0. The molecule has 0 aromatic carbocycles. The molecule has 1 saturated carbocycles. The Morgan fingerprint density at radius 2 is 1.20 bits per heavy atom. The molecule has 1 aliphatic heterocycles. The third-order valence-electron chi connectivity index (χ3n) is 8.03. The highest BCUT2D eigenvalue weighted by Crippen LogP contribution is 2.30. The van der Waals surface area contributed by atoms with Crippen LogP contribution in [0.1, 0.15) is 130 Å². The first kappa shape index (κ1) is 35.0. The van der Waals surface area contributed by atoms with Crippen molar-refractivity contribution in [3.05, 3.63) is 0 Å². The van der Waals surface area contributed by atoms with Crippen LogP contribution >= 0.6 is 0 Å². The van der Waals surface area contributed by atoms with Crippen LogP contribution in [0.4, 0.5) is 0 Å². The third kappa shape index (κ3) is 12.7. The van der Waals surface area contributed by atoms with Crippen molar-refractivity contribution in [1.82, 2.24) is 4.90 Å². The highest BCUT2D eigenvalue weighted by molar-refractivity contribution is 5.72. The molecule has 236 valence electrons. The SMILES string of the molecule is CCCC(=O)OC[C@@H]1[C@@H](OC(=O)CCC)[C@H](OC(=O)CCC)[C@@H](OC(=O)CCC)CN1CCCCC1CCCCC1. The summed E-state index contributed by atoms with van der Waals surface area (Å²) in [6.07, 6.45) is 10.4. The van der Waals surface area contributed by atoms with Crippen molar-refractivity contribution >= 4 is 23.9 Å². The first-order valence-electron chi connectivity index (χ1n) is 16.3. The lowest BCUT2D eigenvalue weighted by Crippen LogP contribution is -2.65. The number of esters is 4. The van der Waals surface area contributed by atoms with E-state index in [9.17, 15) is 19.2 Å². The van der Waals surface area contributed by atoms with E-state index >= 15 is 0 Å². The summed E-state index contributed by atoms with van der Waals surface area (Å²) in [4.78, 5) is 52.7. The van der Waals surface area contributed by atoms with Crippen LogP contribution in [-0.2, 0) is 38.1 Å². The normalized spacial score (nSPS) is 23.5. The van der Waals surface area contributed by atoms with Gasteiger partial charge < -0.3 is 18.9 Å². The van der Waals surface area contributed by atoms with Gasteiger partial charge in [0.25, 0.3) is 0 Å². The molecule has 0 N–H and O–H groups in total. The van der Waals surface area contributed by atoms with Crippen molar-refractivity contribution < 1.29 is 38.1 Å². The lowest BCUT2D eigenvalue weighted by molar-refractivity contribution is -0.210. The summed E-state index contributed by atoms with van der Waals surface area (Å²) < 4.78 is 23.4. The van der Waals surface area contributed by atoms with Gasteiger partial charge in [-0.25, -0.2) is 0 Å². The molecular formula is C32H55NO8. The smallest absolute Gasteiger partial charge is 0.306 e. The Morgan fingerprint density at radius 3 is 1.78 bits per heavy atom. The second-order valence-electron chi connectivity index (χ2n) is 11.7. The number of nitrogens with zero attached hydrogens (tertiary/aromatic N) is 1. The molecule has 0 spiro atoms. The zero-order valence-electron chi connectivity index (χ0n) is 26.0. The molecule has 0 bridgehead atoms. The van der Waals surface area contributed by atoms with E-state index in [1.54, 1.807) is 0 Å². The first-order chi connectivity index (χ1) is 19.8. The predicted octanol–water partition coefficient (Wildman–Crippen LogP) is 5.90. The quantitative estimate of drug-likeness (QED) is 0.111. The molecule has 41 heavy (non-hydrogen) atoms. The Kier molecular flexibility index (Phi) is 17.0. The van der Waals surface area contributed by atoms with Gasteiger partial charge in [-0.05, 0) is 44.6 Å². The summed E-state index contributed by atoms with van der Waals surface area (Å²) in [5, 5.41) is 0. The molecular weight excluding hydrogens is 526 g/mol. The van der Waals surface area contributed by atoms with E-state index in [2.05, 4.69) is 4.90 Å². The average molecular weight is 582 g/mol. The van der Waals surface area contributed by atoms with Crippen LogP contribution in [0.15, 0.2) is 0 Å². The van der Waals surface area contributed by atoms with Crippen molar-refractivity contribution in [2.75, 3.05) is 19.7 Å². The Bertz CT molecular complexity index is 797. The van der Waals surface area contributed by atoms with E-state index in [1.165, 1.54) is 38.5 Å². The van der Waals surface area contributed by atoms with Crippen LogP contribution in [0, 0.1) is 5.92 Å². The molecule has 1 aliphatic carbocycles. The summed E-state index contributed by atoms with van der Waals surface area (Å²) >= 11 is 0. The van der Waals surface area contributed by atoms with E-state index in [-0.39, 0.29) is 37.8 Å². The highest BCUT2D eigenvalue weighted by Gasteiger charge is 2.50. The molecule has 0 aromatic rings. The number of piperidine rings is 1. The maximum atomic E-state index is 12.8. The molecule has 2 aliphatic rings. The van der Waals surface area contributed by atoms with Gasteiger partial charge in [-0.15, -0.1) is 0 Å². The van der Waals surface area contributed by atoms with Crippen molar-refractivity contribution in [3.8, 4) is 0 Å². The van der Waals surface area contributed by atoms with Gasteiger partial charge in [-0.3, -0.25) is 24.1 Å². The molecule has 4 atom stereocenters. The van der Waals surface area contributed by atoms with Crippen LogP contribution in [0.5, 0.6) is 0 Å². The van der Waals surface area contributed by atoms with Crippen LogP contribution in [0.2, 0.25) is 0 Å². The number of hydrogen-bond acceptors (Lipinski definition) is 9. The number of unbranched alkanes of at least 4 members (excludes halogenated alkanes) is 1. The molecule has 0 aromatic heterocycles. The van der Waals surface area contributed by atoms with Gasteiger partial charge in [0, 0.05) is 32.2 Å². The fraction of sp³-hybridized carbons (Fsp3) is 0.875. The summed E-state index contributed by atoms with van der Waals surface area (Å²) in [5.41, 5.74) is 0. The maximum Gasteiger partial charge on any atom is 0.306 e. The van der Waals surface area contributed by atoms with Crippen molar-refractivity contribution in [2.45, 2.75) is 155 Å². The van der Waals surface area contributed by atoms with E-state index in [0.717, 1.165) is 18.8 Å². The first-order valence-corrected chi connectivity index (χ1v) is 16.3. The molecule has 2 fully saturated rings. The van der Waals surface area contributed by atoms with E-state index in [4.69, 9.17) is 18.9 Å². The number of rotatable bonds is 18. The Hall–Kier alpha value is -2.16. The number of likely N-dealkylation sites (tertiary alicyclic amines) is 1. The fourth-order valence-electron chi connectivity index (χ4n) is 5.90. The number of carbonyl (C=O) groups excluding carboxylic acids is 4. The average Bonchev–Trinajstić information content (AvgIpc) is 2.93. The topological polar surface area (TPSA) is 108 Å². The van der Waals surface area contributed by atoms with E-state index in [0.29, 0.717) is 45.2 Å². The van der Waals surface area contributed by atoms with Gasteiger partial charge in [0.05, 0.1) is 6.04 Å². The molecule has 9 nitrogen and oxygen atoms in total. The van der Waals surface area contributed by atoms with Gasteiger partial charge in [0.15, 0.2) is 18.3 Å². The monoisotopic (exact) mass is 581 g/mol. The molecule has 1 saturated heterocycles. The molecule has 1 heterocycles. The Morgan fingerprint density at radius 1 is 0.659 bits per heavy atom. The molecule has 2 rings (SSSR count). The van der Waals surface area contributed by atoms with Gasteiger partial charge in [-0.1, -0.05) is 72.6 Å². The van der Waals surface area contributed by atoms with Crippen LogP contribution in [-0.4, -0.2) is 72.8 Å². The highest BCUT2D eigenvalue weighted by atomic mass is 16.6. The predicted molar refractivity (Wildman–Crippen MR) is 156 cm³/mol. The fourth-order valence-corrected chi connectivity index (χ4v) is 5.90. The lowest BCUT2D eigenvalue weighted by Gasteiger charge is -2.47. The van der Waals surface area contributed by atoms with Crippen molar-refractivity contribution in [3.63, 3.8) is 0 Å². The Balaban J connectivity index is 2.32.